The molecule has 0 heterocycles. The fourth-order valence-corrected chi connectivity index (χ4v) is 0.881. The number of nitrogens with one attached hydrogen (secondary N) is 1. The third-order valence-corrected chi connectivity index (χ3v) is 1.48. The van der Waals surface area contributed by atoms with Crippen LogP contribution in [0.3, 0.4) is 0 Å². The molecule has 0 unspecified atom stereocenters. The van der Waals surface area contributed by atoms with Gasteiger partial charge in [-0.05, 0) is 12.1 Å². The molecule has 0 aliphatic rings. The van der Waals surface area contributed by atoms with Gasteiger partial charge in [0.05, 0.1) is 12.2 Å². The van der Waals surface area contributed by atoms with E-state index in [2.05, 4.69) is 17.2 Å². The highest BCUT2D eigenvalue weighted by Gasteiger charge is 1.94. The molecule has 13 heavy (non-hydrogen) atoms. The van der Waals surface area contributed by atoms with Gasteiger partial charge in [-0.1, -0.05) is 24.0 Å². The Morgan fingerprint density at radius 2 is 2.00 bits per heavy atom. The summed E-state index contributed by atoms with van der Waals surface area (Å²) in [5.74, 6) is 5.39. The average molecular weight is 177 g/mol. The Bertz CT molecular complexity index is 325. The molecule has 68 valence electrons. The first-order valence-corrected chi connectivity index (χ1v) is 3.93. The minimum Gasteiger partial charge on any atom is -0.506 e. The Hall–Kier alpha value is -1.66. The Morgan fingerprint density at radius 3 is 2.69 bits per heavy atom. The van der Waals surface area contributed by atoms with Crippen LogP contribution in [0.15, 0.2) is 24.3 Å². The molecule has 0 aromatic heterocycles. The molecular formula is C10H11NO2. The molecule has 0 saturated carbocycles. The van der Waals surface area contributed by atoms with Crippen LogP contribution >= 0.6 is 0 Å². The summed E-state index contributed by atoms with van der Waals surface area (Å²) in [5.41, 5.74) is 0.648. The van der Waals surface area contributed by atoms with E-state index >= 15 is 0 Å². The van der Waals surface area contributed by atoms with Gasteiger partial charge in [0, 0.05) is 0 Å². The van der Waals surface area contributed by atoms with Crippen molar-refractivity contribution in [2.75, 3.05) is 18.5 Å². The molecule has 0 fully saturated rings. The first-order chi connectivity index (χ1) is 6.34. The van der Waals surface area contributed by atoms with Crippen molar-refractivity contribution in [3.05, 3.63) is 24.3 Å². The average Bonchev–Trinajstić information content (AvgIpc) is 2.15. The Kier molecular flexibility index (Phi) is 3.68. The van der Waals surface area contributed by atoms with E-state index in [-0.39, 0.29) is 12.4 Å². The van der Waals surface area contributed by atoms with Crippen molar-refractivity contribution in [1.29, 1.82) is 0 Å². The number of phenolic OH excluding ortho intramolecular Hbond substituents is 1. The van der Waals surface area contributed by atoms with Gasteiger partial charge in [0.2, 0.25) is 0 Å². The number of para-hydroxylation sites is 2. The van der Waals surface area contributed by atoms with Crippen LogP contribution < -0.4 is 5.32 Å². The number of hydrogen-bond donors (Lipinski definition) is 3. The fraction of sp³-hybridized carbons (Fsp3) is 0.200. The highest BCUT2D eigenvalue weighted by atomic mass is 16.3. The van der Waals surface area contributed by atoms with Crippen molar-refractivity contribution in [1.82, 2.24) is 0 Å². The minimum absolute atomic E-state index is 0.136. The molecule has 1 aromatic carbocycles. The van der Waals surface area contributed by atoms with Crippen molar-refractivity contribution in [2.45, 2.75) is 0 Å². The summed E-state index contributed by atoms with van der Waals surface area (Å²) in [4.78, 5) is 0. The summed E-state index contributed by atoms with van der Waals surface area (Å²) in [6.45, 7) is 0.278. The summed E-state index contributed by atoms with van der Waals surface area (Å²) < 4.78 is 0. The summed E-state index contributed by atoms with van der Waals surface area (Å²) >= 11 is 0. The molecule has 0 spiro atoms. The van der Waals surface area contributed by atoms with Gasteiger partial charge in [-0.15, -0.1) is 0 Å². The largest absolute Gasteiger partial charge is 0.506 e. The zero-order chi connectivity index (χ0) is 9.52. The van der Waals surface area contributed by atoms with Crippen molar-refractivity contribution in [3.8, 4) is 17.6 Å². The van der Waals surface area contributed by atoms with Crippen LogP contribution in [0.1, 0.15) is 0 Å². The molecule has 3 heteroatoms. The van der Waals surface area contributed by atoms with Gasteiger partial charge < -0.3 is 15.5 Å². The molecule has 0 aliphatic carbocycles. The Labute approximate surface area is 77.0 Å². The molecule has 0 amide bonds. The van der Waals surface area contributed by atoms with Crippen LogP contribution in [0.5, 0.6) is 5.75 Å². The molecule has 3 N–H and O–H groups in total. The van der Waals surface area contributed by atoms with Crippen LogP contribution in [-0.2, 0) is 0 Å². The van der Waals surface area contributed by atoms with Crippen LogP contribution in [0.2, 0.25) is 0 Å². The predicted octanol–water partition coefficient (Wildman–Crippen LogP) is 0.800. The monoisotopic (exact) mass is 177 g/mol. The summed E-state index contributed by atoms with van der Waals surface area (Å²) in [6.07, 6.45) is 0. The third kappa shape index (κ3) is 3.06. The fourth-order valence-electron chi connectivity index (χ4n) is 0.881. The Balaban J connectivity index is 2.50. The van der Waals surface area contributed by atoms with Crippen LogP contribution in [0.4, 0.5) is 5.69 Å². The van der Waals surface area contributed by atoms with Crippen LogP contribution in [0.25, 0.3) is 0 Å². The lowest BCUT2D eigenvalue weighted by Gasteiger charge is -2.03. The molecule has 0 aliphatic heterocycles. The van der Waals surface area contributed by atoms with Gasteiger partial charge in [-0.3, -0.25) is 0 Å². The topological polar surface area (TPSA) is 52.5 Å². The highest BCUT2D eigenvalue weighted by Crippen LogP contribution is 2.20. The number of benzene rings is 1. The number of aliphatic hydroxyl groups excluding tert-OH is 1. The lowest BCUT2D eigenvalue weighted by Crippen LogP contribution is -1.98. The molecule has 3 nitrogen and oxygen atoms in total. The number of aliphatic hydroxyl groups is 1. The smallest absolute Gasteiger partial charge is 0.138 e. The zero-order valence-electron chi connectivity index (χ0n) is 7.12. The van der Waals surface area contributed by atoms with Crippen LogP contribution in [0, 0.1) is 11.8 Å². The van der Waals surface area contributed by atoms with Crippen molar-refractivity contribution in [3.63, 3.8) is 0 Å². The van der Waals surface area contributed by atoms with Gasteiger partial charge in [0.25, 0.3) is 0 Å². The molecule has 0 bridgehead atoms. The number of hydrogen-bond acceptors (Lipinski definition) is 3. The molecule has 0 saturated heterocycles. The van der Waals surface area contributed by atoms with E-state index in [0.717, 1.165) is 0 Å². The predicted molar refractivity (Wildman–Crippen MR) is 51.5 cm³/mol. The van der Waals surface area contributed by atoms with E-state index in [1.165, 1.54) is 0 Å². The van der Waals surface area contributed by atoms with Gasteiger partial charge >= 0.3 is 0 Å². The van der Waals surface area contributed by atoms with Gasteiger partial charge in [0.15, 0.2) is 0 Å². The van der Waals surface area contributed by atoms with Crippen molar-refractivity contribution in [2.24, 2.45) is 0 Å². The SMILES string of the molecule is OCC#CCNc1ccccc1O. The summed E-state index contributed by atoms with van der Waals surface area (Å²) in [5, 5.41) is 20.6. The minimum atomic E-state index is -0.136. The standard InChI is InChI=1S/C10H11NO2/c12-8-4-3-7-11-9-5-1-2-6-10(9)13/h1-2,5-6,11-13H,7-8H2. The molecular weight excluding hydrogens is 166 g/mol. The van der Waals surface area contributed by atoms with E-state index in [0.29, 0.717) is 12.2 Å². The van der Waals surface area contributed by atoms with E-state index in [1.54, 1.807) is 18.2 Å². The lowest BCUT2D eigenvalue weighted by atomic mass is 10.3. The van der Waals surface area contributed by atoms with E-state index in [1.807, 2.05) is 6.07 Å². The second kappa shape index (κ2) is 5.07. The second-order valence-electron chi connectivity index (χ2n) is 2.38. The van der Waals surface area contributed by atoms with Gasteiger partial charge in [-0.2, -0.15) is 0 Å². The zero-order valence-corrected chi connectivity index (χ0v) is 7.12. The normalized spacial score (nSPS) is 8.69. The van der Waals surface area contributed by atoms with Gasteiger partial charge in [-0.25, -0.2) is 0 Å². The lowest BCUT2D eigenvalue weighted by molar-refractivity contribution is 0.350. The third-order valence-electron chi connectivity index (χ3n) is 1.48. The Morgan fingerprint density at radius 1 is 1.23 bits per heavy atom. The maximum atomic E-state index is 9.31. The molecule has 1 rings (SSSR count). The van der Waals surface area contributed by atoms with E-state index in [4.69, 9.17) is 5.11 Å². The summed E-state index contributed by atoms with van der Waals surface area (Å²) in [7, 11) is 0. The molecule has 0 atom stereocenters. The maximum Gasteiger partial charge on any atom is 0.138 e. The van der Waals surface area contributed by atoms with E-state index in [9.17, 15) is 5.11 Å². The first-order valence-electron chi connectivity index (χ1n) is 3.93. The first kappa shape index (κ1) is 9.43. The summed E-state index contributed by atoms with van der Waals surface area (Å²) in [6, 6.07) is 6.93. The van der Waals surface area contributed by atoms with Crippen molar-refractivity contribution < 1.29 is 10.2 Å². The number of aromatic hydroxyl groups is 1. The number of rotatable bonds is 2. The quantitative estimate of drug-likeness (QED) is 0.462. The number of phenols is 1. The van der Waals surface area contributed by atoms with E-state index < -0.39 is 0 Å². The van der Waals surface area contributed by atoms with Gasteiger partial charge in [0.1, 0.15) is 12.4 Å². The second-order valence-corrected chi connectivity index (χ2v) is 2.38. The maximum absolute atomic E-state index is 9.31. The van der Waals surface area contributed by atoms with Crippen LogP contribution in [-0.4, -0.2) is 23.4 Å². The number of anilines is 1. The highest BCUT2D eigenvalue weighted by molar-refractivity contribution is 5.55. The molecule has 1 aromatic rings. The van der Waals surface area contributed by atoms with Crippen molar-refractivity contribution >= 4 is 5.69 Å². The molecule has 0 radical (unpaired) electrons.